The molecule has 1 aromatic carbocycles. The number of fused-ring (bicyclic) bond motifs is 2. The van der Waals surface area contributed by atoms with Gasteiger partial charge in [-0.25, -0.2) is 4.39 Å². The molecule has 2 aliphatic heterocycles. The molecule has 2 aromatic rings. The number of hydrogen-bond acceptors (Lipinski definition) is 4. The van der Waals surface area contributed by atoms with Gasteiger partial charge in [-0.1, -0.05) is 11.8 Å². The highest BCUT2D eigenvalue weighted by Gasteiger charge is 2.32. The molecule has 20 heavy (non-hydrogen) atoms. The molecule has 0 unspecified atom stereocenters. The van der Waals surface area contributed by atoms with Crippen molar-refractivity contribution in [3.05, 3.63) is 39.9 Å². The predicted molar refractivity (Wildman–Crippen MR) is 91.3 cm³/mol. The molecule has 3 heterocycles. The molecule has 0 atom stereocenters. The second kappa shape index (κ2) is 5.16. The van der Waals surface area contributed by atoms with Crippen LogP contribution in [0, 0.1) is 5.82 Å². The summed E-state index contributed by atoms with van der Waals surface area (Å²) in [5.74, 6) is -0.175. The van der Waals surface area contributed by atoms with Gasteiger partial charge < -0.3 is 4.90 Å². The second-order valence-corrected chi connectivity index (χ2v) is 6.71. The molecule has 0 radical (unpaired) electrons. The third kappa shape index (κ3) is 2.01. The number of aliphatic imine (C=N–C) groups is 1. The number of thioether (sulfide) groups is 1. The van der Waals surface area contributed by atoms with Gasteiger partial charge in [0.15, 0.2) is 5.17 Å². The Morgan fingerprint density at radius 3 is 3.05 bits per heavy atom. The van der Waals surface area contributed by atoms with Crippen molar-refractivity contribution >= 4 is 61.0 Å². The van der Waals surface area contributed by atoms with Crippen molar-refractivity contribution in [2.24, 2.45) is 4.99 Å². The Bertz CT molecular complexity index is 751. The molecule has 2 aliphatic rings. The molecule has 0 aliphatic carbocycles. The molecule has 104 valence electrons. The number of hydrogen-bond donors (Lipinski definition) is 0. The van der Waals surface area contributed by atoms with Crippen LogP contribution in [0.5, 0.6) is 0 Å². The lowest BCUT2D eigenvalue weighted by Gasteiger charge is -2.16. The van der Waals surface area contributed by atoms with Crippen molar-refractivity contribution in [2.75, 3.05) is 13.1 Å². The fraction of sp³-hybridized carbons (Fsp3) is 0.214. The summed E-state index contributed by atoms with van der Waals surface area (Å²) >= 11 is 3.39. The van der Waals surface area contributed by atoms with E-state index in [-0.39, 0.29) is 22.8 Å². The minimum absolute atomic E-state index is 0. The van der Waals surface area contributed by atoms with Crippen LogP contribution in [0.15, 0.2) is 33.5 Å². The maximum atomic E-state index is 13.5. The van der Waals surface area contributed by atoms with Crippen molar-refractivity contribution in [3.8, 4) is 0 Å². The van der Waals surface area contributed by atoms with Gasteiger partial charge in [0.2, 0.25) is 0 Å². The Kier molecular flexibility index (Phi) is 3.64. The molecule has 1 aromatic heterocycles. The summed E-state index contributed by atoms with van der Waals surface area (Å²) in [5.41, 5.74) is 2.34. The topological polar surface area (TPSA) is 15.6 Å². The highest BCUT2D eigenvalue weighted by atomic mass is 79.9. The Morgan fingerprint density at radius 2 is 2.20 bits per heavy atom. The van der Waals surface area contributed by atoms with Crippen molar-refractivity contribution in [2.45, 2.75) is 6.92 Å². The van der Waals surface area contributed by atoms with Crippen molar-refractivity contribution in [3.63, 3.8) is 0 Å². The fourth-order valence-electron chi connectivity index (χ4n) is 2.62. The van der Waals surface area contributed by atoms with Crippen LogP contribution in [-0.2, 0) is 0 Å². The molecule has 6 heteroatoms. The molecule has 0 bridgehead atoms. The molecule has 0 amide bonds. The van der Waals surface area contributed by atoms with Gasteiger partial charge >= 0.3 is 0 Å². The van der Waals surface area contributed by atoms with Crippen LogP contribution in [-0.4, -0.2) is 23.2 Å². The molecule has 4 rings (SSSR count). The quantitative estimate of drug-likeness (QED) is 0.721. The lowest BCUT2D eigenvalue weighted by atomic mass is 10.1. The van der Waals surface area contributed by atoms with Gasteiger partial charge in [-0.05, 0) is 25.1 Å². The summed E-state index contributed by atoms with van der Waals surface area (Å²) in [4.78, 5) is 8.01. The molecule has 0 fully saturated rings. The number of allylic oxidation sites excluding steroid dienone is 1. The molecule has 0 saturated heterocycles. The van der Waals surface area contributed by atoms with E-state index in [4.69, 9.17) is 0 Å². The van der Waals surface area contributed by atoms with Gasteiger partial charge in [0.25, 0.3) is 0 Å². The Morgan fingerprint density at radius 1 is 1.35 bits per heavy atom. The predicted octanol–water partition coefficient (Wildman–Crippen LogP) is 4.73. The number of rotatable bonds is 1. The fourth-order valence-corrected chi connectivity index (χ4v) is 4.58. The maximum absolute atomic E-state index is 13.5. The van der Waals surface area contributed by atoms with Crippen LogP contribution < -0.4 is 0 Å². The summed E-state index contributed by atoms with van der Waals surface area (Å²) in [7, 11) is 0. The van der Waals surface area contributed by atoms with E-state index in [0.29, 0.717) is 0 Å². The first-order valence-corrected chi connectivity index (χ1v) is 7.81. The average Bonchev–Trinajstić information content (AvgIpc) is 3.03. The molecular weight excluding hydrogens is 359 g/mol. The van der Waals surface area contributed by atoms with Crippen LogP contribution in [0.1, 0.15) is 12.5 Å². The van der Waals surface area contributed by atoms with E-state index in [9.17, 15) is 4.39 Å². The zero-order valence-corrected chi connectivity index (χ0v) is 14.1. The van der Waals surface area contributed by atoms with Crippen LogP contribution in [0.3, 0.4) is 0 Å². The Balaban J connectivity index is 0.00000121. The van der Waals surface area contributed by atoms with Crippen LogP contribution in [0.2, 0.25) is 0 Å². The maximum Gasteiger partial charge on any atom is 0.168 e. The van der Waals surface area contributed by atoms with E-state index >= 15 is 0 Å². The Hall–Kier alpha value is -0.850. The monoisotopic (exact) mass is 370 g/mol. The minimum atomic E-state index is -0.175. The van der Waals surface area contributed by atoms with E-state index in [1.54, 1.807) is 29.2 Å². The zero-order valence-electron chi connectivity index (χ0n) is 10.7. The number of amidine groups is 1. The normalized spacial score (nSPS) is 17.5. The molecule has 0 spiro atoms. The first kappa shape index (κ1) is 14.1. The summed E-state index contributed by atoms with van der Waals surface area (Å²) in [6.45, 7) is 3.90. The third-order valence-corrected chi connectivity index (χ3v) is 5.44. The van der Waals surface area contributed by atoms with Gasteiger partial charge in [-0.15, -0.1) is 28.3 Å². The first-order valence-electron chi connectivity index (χ1n) is 6.12. The first-order chi connectivity index (χ1) is 9.24. The van der Waals surface area contributed by atoms with E-state index in [2.05, 4.69) is 22.2 Å². The number of thiophene rings is 1. The van der Waals surface area contributed by atoms with E-state index in [1.165, 1.54) is 16.7 Å². The van der Waals surface area contributed by atoms with Gasteiger partial charge in [-0.2, -0.15) is 0 Å². The summed E-state index contributed by atoms with van der Waals surface area (Å²) in [5, 5.41) is 4.22. The van der Waals surface area contributed by atoms with Crippen molar-refractivity contribution < 1.29 is 4.39 Å². The minimum Gasteiger partial charge on any atom is -0.318 e. The van der Waals surface area contributed by atoms with Crippen molar-refractivity contribution in [1.82, 2.24) is 4.90 Å². The number of halogens is 2. The van der Waals surface area contributed by atoms with Crippen LogP contribution >= 0.6 is 40.1 Å². The number of nitrogens with zero attached hydrogens (tertiary/aromatic N) is 2. The zero-order chi connectivity index (χ0) is 13.0. The standard InChI is InChI=1S/C14H11FN2S2.BrH/c1-8-13(17-5-4-16-14(17)19-8)11-7-18-12-3-2-9(15)6-10(11)12;/h2-3,6-7H,4-5H2,1H3;1H. The van der Waals surface area contributed by atoms with Crippen LogP contribution in [0.25, 0.3) is 15.8 Å². The third-order valence-electron chi connectivity index (χ3n) is 3.44. The van der Waals surface area contributed by atoms with E-state index in [1.807, 2.05) is 6.07 Å². The smallest absolute Gasteiger partial charge is 0.168 e. The summed E-state index contributed by atoms with van der Waals surface area (Å²) in [6.07, 6.45) is 0. The highest BCUT2D eigenvalue weighted by molar-refractivity contribution is 8.93. The highest BCUT2D eigenvalue weighted by Crippen LogP contribution is 2.44. The molecule has 0 N–H and O–H groups in total. The summed E-state index contributed by atoms with van der Waals surface area (Å²) < 4.78 is 14.6. The van der Waals surface area contributed by atoms with Gasteiger partial charge in [-0.3, -0.25) is 4.99 Å². The lowest BCUT2D eigenvalue weighted by molar-refractivity contribution is 0.629. The SMILES string of the molecule is Br.CC1=C(c2csc3ccc(F)cc23)N2CCN=C2S1. The van der Waals surface area contributed by atoms with Crippen LogP contribution in [0.4, 0.5) is 4.39 Å². The molecular formula is C14H12BrFN2S2. The van der Waals surface area contributed by atoms with E-state index in [0.717, 1.165) is 33.9 Å². The van der Waals surface area contributed by atoms with E-state index < -0.39 is 0 Å². The molecule has 0 saturated carbocycles. The lowest BCUT2D eigenvalue weighted by Crippen LogP contribution is -2.19. The van der Waals surface area contributed by atoms with Crippen molar-refractivity contribution in [1.29, 1.82) is 0 Å². The van der Waals surface area contributed by atoms with Gasteiger partial charge in [0, 0.05) is 32.5 Å². The van der Waals surface area contributed by atoms with Gasteiger partial charge in [0.05, 0.1) is 12.2 Å². The summed E-state index contributed by atoms with van der Waals surface area (Å²) in [6, 6.07) is 5.02. The molecule has 2 nitrogen and oxygen atoms in total. The van der Waals surface area contributed by atoms with Gasteiger partial charge in [0.1, 0.15) is 5.82 Å². The number of benzene rings is 1. The second-order valence-electron chi connectivity index (χ2n) is 4.61. The Labute approximate surface area is 135 Å². The largest absolute Gasteiger partial charge is 0.318 e. The average molecular weight is 371 g/mol.